The Morgan fingerprint density at radius 2 is 2.12 bits per heavy atom. The Morgan fingerprint density at radius 1 is 1.38 bits per heavy atom. The largest absolute Gasteiger partial charge is 0.313 e. The molecule has 0 aromatic heterocycles. The van der Waals surface area contributed by atoms with Crippen LogP contribution in [0.25, 0.3) is 0 Å². The van der Waals surface area contributed by atoms with Crippen molar-refractivity contribution < 1.29 is 8.42 Å². The highest BCUT2D eigenvalue weighted by molar-refractivity contribution is 7.91. The summed E-state index contributed by atoms with van der Waals surface area (Å²) in [4.78, 5) is 2.23. The molecule has 1 rings (SSSR count). The fraction of sp³-hybridized carbons (Fsp3) is 1.00. The highest BCUT2D eigenvalue weighted by atomic mass is 32.2. The Hall–Kier alpha value is -0.130. The van der Waals surface area contributed by atoms with Crippen LogP contribution in [0.4, 0.5) is 0 Å². The van der Waals surface area contributed by atoms with E-state index in [-0.39, 0.29) is 5.75 Å². The molecule has 5 heteroatoms. The molecular formula is C11H24N2O2S. The third kappa shape index (κ3) is 4.80. The van der Waals surface area contributed by atoms with Crippen LogP contribution in [0, 0.1) is 0 Å². The predicted octanol–water partition coefficient (Wildman–Crippen LogP) is 0.495. The Morgan fingerprint density at radius 3 is 2.62 bits per heavy atom. The minimum absolute atomic E-state index is 0.256. The number of rotatable bonds is 7. The molecule has 1 aliphatic rings. The average Bonchev–Trinajstić information content (AvgIpc) is 2.77. The van der Waals surface area contributed by atoms with Crippen molar-refractivity contribution in [3.8, 4) is 0 Å². The molecule has 1 heterocycles. The van der Waals surface area contributed by atoms with Crippen molar-refractivity contribution in [2.45, 2.75) is 32.7 Å². The van der Waals surface area contributed by atoms with Crippen LogP contribution in [0.2, 0.25) is 0 Å². The van der Waals surface area contributed by atoms with Crippen LogP contribution in [-0.2, 0) is 9.84 Å². The van der Waals surface area contributed by atoms with Crippen molar-refractivity contribution in [3.63, 3.8) is 0 Å². The van der Waals surface area contributed by atoms with Gasteiger partial charge in [-0.05, 0) is 25.9 Å². The average molecular weight is 248 g/mol. The van der Waals surface area contributed by atoms with E-state index in [1.165, 1.54) is 12.8 Å². The maximum absolute atomic E-state index is 11.4. The first kappa shape index (κ1) is 13.9. The Labute approximate surface area is 99.3 Å². The molecule has 0 aliphatic carbocycles. The first-order chi connectivity index (χ1) is 7.57. The van der Waals surface area contributed by atoms with Gasteiger partial charge in [0.15, 0.2) is 9.84 Å². The lowest BCUT2D eigenvalue weighted by molar-refractivity contribution is 0.275. The molecule has 16 heavy (non-hydrogen) atoms. The molecule has 1 aliphatic heterocycles. The molecule has 0 aromatic rings. The zero-order valence-electron chi connectivity index (χ0n) is 10.4. The summed E-state index contributed by atoms with van der Waals surface area (Å²) in [6.45, 7) is 7.49. The van der Waals surface area contributed by atoms with Gasteiger partial charge in [-0.2, -0.15) is 0 Å². The van der Waals surface area contributed by atoms with Gasteiger partial charge in [-0.3, -0.25) is 0 Å². The van der Waals surface area contributed by atoms with Gasteiger partial charge < -0.3 is 10.2 Å². The van der Waals surface area contributed by atoms with Gasteiger partial charge in [-0.15, -0.1) is 0 Å². The minimum Gasteiger partial charge on any atom is -0.313 e. The summed E-state index contributed by atoms with van der Waals surface area (Å²) in [5, 5.41) is 3.44. The highest BCUT2D eigenvalue weighted by Gasteiger charge is 2.18. The number of likely N-dealkylation sites (N-methyl/N-ethyl adjacent to an activating group) is 1. The minimum atomic E-state index is -2.82. The van der Waals surface area contributed by atoms with Crippen molar-refractivity contribution in [2.75, 3.05) is 37.7 Å². The van der Waals surface area contributed by atoms with Crippen molar-refractivity contribution in [1.82, 2.24) is 10.2 Å². The van der Waals surface area contributed by atoms with Gasteiger partial charge >= 0.3 is 0 Å². The lowest BCUT2D eigenvalue weighted by Crippen LogP contribution is -2.39. The number of nitrogens with zero attached hydrogens (tertiary/aromatic N) is 1. The molecular weight excluding hydrogens is 224 g/mol. The lowest BCUT2D eigenvalue weighted by Gasteiger charge is -2.23. The zero-order chi connectivity index (χ0) is 12.0. The SMILES string of the molecule is CCN(CCS(=O)(=O)CC)CC1CCCN1. The van der Waals surface area contributed by atoms with E-state index in [1.54, 1.807) is 6.92 Å². The van der Waals surface area contributed by atoms with E-state index in [0.29, 0.717) is 18.3 Å². The second kappa shape index (κ2) is 6.57. The van der Waals surface area contributed by atoms with Crippen LogP contribution >= 0.6 is 0 Å². The molecule has 0 aromatic carbocycles. The van der Waals surface area contributed by atoms with Gasteiger partial charge in [0.05, 0.1) is 5.75 Å². The van der Waals surface area contributed by atoms with Crippen LogP contribution in [0.5, 0.6) is 0 Å². The van der Waals surface area contributed by atoms with Gasteiger partial charge in [-0.25, -0.2) is 8.42 Å². The van der Waals surface area contributed by atoms with Gasteiger partial charge in [0, 0.05) is 24.9 Å². The number of nitrogens with one attached hydrogen (secondary N) is 1. The van der Waals surface area contributed by atoms with E-state index >= 15 is 0 Å². The first-order valence-electron chi connectivity index (χ1n) is 6.23. The molecule has 1 fully saturated rings. The van der Waals surface area contributed by atoms with Gasteiger partial charge in [0.25, 0.3) is 0 Å². The van der Waals surface area contributed by atoms with E-state index in [4.69, 9.17) is 0 Å². The van der Waals surface area contributed by atoms with Crippen LogP contribution in [-0.4, -0.2) is 57.0 Å². The van der Waals surface area contributed by atoms with Crippen molar-refractivity contribution in [3.05, 3.63) is 0 Å². The molecule has 1 unspecified atom stereocenters. The van der Waals surface area contributed by atoms with Gasteiger partial charge in [0.1, 0.15) is 0 Å². The molecule has 1 atom stereocenters. The summed E-state index contributed by atoms with van der Waals surface area (Å²) < 4.78 is 22.8. The summed E-state index contributed by atoms with van der Waals surface area (Å²) in [6, 6.07) is 0.560. The normalized spacial score (nSPS) is 21.8. The van der Waals surface area contributed by atoms with E-state index in [1.807, 2.05) is 0 Å². The van der Waals surface area contributed by atoms with Crippen LogP contribution < -0.4 is 5.32 Å². The monoisotopic (exact) mass is 248 g/mol. The van der Waals surface area contributed by atoms with E-state index < -0.39 is 9.84 Å². The molecule has 96 valence electrons. The van der Waals surface area contributed by atoms with Crippen molar-refractivity contribution >= 4 is 9.84 Å². The molecule has 0 amide bonds. The summed E-state index contributed by atoms with van der Waals surface area (Å²) in [7, 11) is -2.82. The molecule has 0 radical (unpaired) electrons. The second-order valence-corrected chi connectivity index (χ2v) is 6.90. The third-order valence-corrected chi connectivity index (χ3v) is 4.93. The topological polar surface area (TPSA) is 49.4 Å². The lowest BCUT2D eigenvalue weighted by atomic mass is 10.2. The number of sulfone groups is 1. The van der Waals surface area contributed by atoms with Gasteiger partial charge in [-0.1, -0.05) is 13.8 Å². The maximum atomic E-state index is 11.4. The molecule has 0 spiro atoms. The van der Waals surface area contributed by atoms with Gasteiger partial charge in [0.2, 0.25) is 0 Å². The standard InChI is InChI=1S/C11H24N2O2S/c1-3-13(8-9-16(14,15)4-2)10-11-6-5-7-12-11/h11-12H,3-10H2,1-2H3. The molecule has 1 N–H and O–H groups in total. The molecule has 1 saturated heterocycles. The zero-order valence-corrected chi connectivity index (χ0v) is 11.2. The smallest absolute Gasteiger partial charge is 0.151 e. The van der Waals surface area contributed by atoms with E-state index in [2.05, 4.69) is 17.1 Å². The quantitative estimate of drug-likeness (QED) is 0.712. The predicted molar refractivity (Wildman–Crippen MR) is 67.5 cm³/mol. The van der Waals surface area contributed by atoms with Crippen LogP contribution in [0.15, 0.2) is 0 Å². The Bertz CT molecular complexity index is 284. The summed E-state index contributed by atoms with van der Waals surface area (Å²) >= 11 is 0. The number of hydrogen-bond acceptors (Lipinski definition) is 4. The Kier molecular flexibility index (Phi) is 5.72. The molecule has 4 nitrogen and oxygen atoms in total. The Balaban J connectivity index is 2.31. The third-order valence-electron chi connectivity index (χ3n) is 3.25. The summed E-state index contributed by atoms with van der Waals surface area (Å²) in [5.41, 5.74) is 0. The summed E-state index contributed by atoms with van der Waals surface area (Å²) in [6.07, 6.45) is 2.46. The molecule has 0 bridgehead atoms. The number of hydrogen-bond donors (Lipinski definition) is 1. The fourth-order valence-electron chi connectivity index (χ4n) is 2.02. The van der Waals surface area contributed by atoms with Crippen molar-refractivity contribution in [2.24, 2.45) is 0 Å². The van der Waals surface area contributed by atoms with Crippen LogP contribution in [0.3, 0.4) is 0 Å². The fourth-order valence-corrected chi connectivity index (χ4v) is 2.84. The second-order valence-electron chi connectivity index (χ2n) is 4.42. The van der Waals surface area contributed by atoms with Crippen molar-refractivity contribution in [1.29, 1.82) is 0 Å². The molecule has 0 saturated carbocycles. The maximum Gasteiger partial charge on any atom is 0.151 e. The van der Waals surface area contributed by atoms with E-state index in [0.717, 1.165) is 19.6 Å². The van der Waals surface area contributed by atoms with Crippen LogP contribution in [0.1, 0.15) is 26.7 Å². The summed E-state index contributed by atoms with van der Waals surface area (Å²) in [5.74, 6) is 0.552. The first-order valence-corrected chi connectivity index (χ1v) is 8.05. The highest BCUT2D eigenvalue weighted by Crippen LogP contribution is 2.07. The van der Waals surface area contributed by atoms with E-state index in [9.17, 15) is 8.42 Å².